The summed E-state index contributed by atoms with van der Waals surface area (Å²) in [5.74, 6) is 0. The molecule has 2 rings (SSSR count). The maximum Gasteiger partial charge on any atom is 0.0345 e. The van der Waals surface area contributed by atoms with E-state index in [2.05, 4.69) is 62.7 Å². The Balaban J connectivity index is 2.18. The molecule has 0 aliphatic heterocycles. The van der Waals surface area contributed by atoms with E-state index in [1.807, 2.05) is 11.3 Å². The maximum atomic E-state index is 3.63. The van der Waals surface area contributed by atoms with Crippen molar-refractivity contribution in [3.63, 3.8) is 0 Å². The third-order valence-corrected chi connectivity index (χ3v) is 4.98. The zero-order valence-electron chi connectivity index (χ0n) is 13.2. The van der Waals surface area contributed by atoms with E-state index < -0.39 is 0 Å². The van der Waals surface area contributed by atoms with Crippen LogP contribution in [0.4, 0.5) is 0 Å². The van der Waals surface area contributed by atoms with Gasteiger partial charge in [0.1, 0.15) is 0 Å². The molecule has 0 radical (unpaired) electrons. The van der Waals surface area contributed by atoms with Crippen LogP contribution in [0, 0.1) is 5.41 Å². The molecule has 110 valence electrons. The minimum Gasteiger partial charge on any atom is -0.314 e. The molecule has 2 heteroatoms. The van der Waals surface area contributed by atoms with Gasteiger partial charge < -0.3 is 5.32 Å². The minimum atomic E-state index is 0.350. The molecule has 1 aromatic heterocycles. The zero-order valence-corrected chi connectivity index (χ0v) is 14.0. The van der Waals surface area contributed by atoms with Gasteiger partial charge in [-0.15, -0.1) is 11.3 Å². The summed E-state index contributed by atoms with van der Waals surface area (Å²) >= 11 is 1.88. The zero-order chi connectivity index (χ0) is 14.6. The molecule has 20 heavy (non-hydrogen) atoms. The van der Waals surface area contributed by atoms with Crippen LogP contribution in [-0.4, -0.2) is 12.6 Å². The molecule has 1 nitrogen and oxygen atoms in total. The Bertz CT molecular complexity index is 543. The fourth-order valence-corrected chi connectivity index (χ4v) is 3.89. The molecular weight excluding hydrogens is 262 g/mol. The lowest BCUT2D eigenvalue weighted by Gasteiger charge is -2.31. The second-order valence-electron chi connectivity index (χ2n) is 6.53. The molecule has 0 fully saturated rings. The third kappa shape index (κ3) is 3.83. The third-order valence-electron chi connectivity index (χ3n) is 3.97. The van der Waals surface area contributed by atoms with Crippen molar-refractivity contribution in [2.75, 3.05) is 6.54 Å². The standard InChI is InChI=1S/C18H27NS/c1-5-10-18(4,13-19-14(2)3)11-15-12-20-17-9-7-6-8-16(15)17/h6-9,12,14,19H,5,10-11,13H2,1-4H3. The molecule has 0 aliphatic carbocycles. The van der Waals surface area contributed by atoms with Gasteiger partial charge >= 0.3 is 0 Å². The van der Waals surface area contributed by atoms with Crippen molar-refractivity contribution in [3.05, 3.63) is 35.2 Å². The highest BCUT2D eigenvalue weighted by molar-refractivity contribution is 7.17. The number of hydrogen-bond acceptors (Lipinski definition) is 2. The van der Waals surface area contributed by atoms with Crippen LogP contribution in [0.3, 0.4) is 0 Å². The molecule has 2 aromatic rings. The predicted octanol–water partition coefficient (Wildman–Crippen LogP) is 5.25. The number of benzene rings is 1. The van der Waals surface area contributed by atoms with Crippen molar-refractivity contribution in [3.8, 4) is 0 Å². The Morgan fingerprint density at radius 1 is 1.25 bits per heavy atom. The van der Waals surface area contributed by atoms with Crippen molar-refractivity contribution >= 4 is 21.4 Å². The lowest BCUT2D eigenvalue weighted by atomic mass is 9.79. The number of nitrogens with one attached hydrogen (secondary N) is 1. The van der Waals surface area contributed by atoms with E-state index >= 15 is 0 Å². The fourth-order valence-electron chi connectivity index (χ4n) is 2.92. The summed E-state index contributed by atoms with van der Waals surface area (Å²) in [6.07, 6.45) is 3.69. The molecule has 1 aromatic carbocycles. The largest absolute Gasteiger partial charge is 0.314 e. The first kappa shape index (κ1) is 15.5. The number of rotatable bonds is 7. The van der Waals surface area contributed by atoms with Gasteiger partial charge in [-0.2, -0.15) is 0 Å². The molecule has 0 spiro atoms. The molecular formula is C18H27NS. The quantitative estimate of drug-likeness (QED) is 0.734. The van der Waals surface area contributed by atoms with E-state index in [9.17, 15) is 0 Å². The van der Waals surface area contributed by atoms with E-state index in [0.29, 0.717) is 11.5 Å². The summed E-state index contributed by atoms with van der Waals surface area (Å²) in [5, 5.41) is 7.44. The van der Waals surface area contributed by atoms with Gasteiger partial charge in [0.2, 0.25) is 0 Å². The predicted molar refractivity (Wildman–Crippen MR) is 91.7 cm³/mol. The Labute approximate surface area is 127 Å². The molecule has 1 atom stereocenters. The average molecular weight is 289 g/mol. The summed E-state index contributed by atoms with van der Waals surface area (Å²) < 4.78 is 1.41. The van der Waals surface area contributed by atoms with E-state index in [1.165, 1.54) is 34.9 Å². The Morgan fingerprint density at radius 2 is 2.00 bits per heavy atom. The second-order valence-corrected chi connectivity index (χ2v) is 7.44. The number of thiophene rings is 1. The fraction of sp³-hybridized carbons (Fsp3) is 0.556. The van der Waals surface area contributed by atoms with Crippen molar-refractivity contribution in [1.82, 2.24) is 5.32 Å². The van der Waals surface area contributed by atoms with E-state index in [1.54, 1.807) is 0 Å². The summed E-state index contributed by atoms with van der Waals surface area (Å²) in [6.45, 7) is 10.3. The van der Waals surface area contributed by atoms with Gasteiger partial charge in [-0.25, -0.2) is 0 Å². The van der Waals surface area contributed by atoms with Crippen LogP contribution in [0.1, 0.15) is 46.1 Å². The molecule has 1 unspecified atom stereocenters. The van der Waals surface area contributed by atoms with Crippen LogP contribution >= 0.6 is 11.3 Å². The van der Waals surface area contributed by atoms with Crippen molar-refractivity contribution in [1.29, 1.82) is 0 Å². The van der Waals surface area contributed by atoms with Crippen LogP contribution in [0.25, 0.3) is 10.1 Å². The minimum absolute atomic E-state index is 0.350. The van der Waals surface area contributed by atoms with Crippen LogP contribution in [0.15, 0.2) is 29.6 Å². The maximum absolute atomic E-state index is 3.63. The Kier molecular flexibility index (Phi) is 5.22. The number of fused-ring (bicyclic) bond motifs is 1. The topological polar surface area (TPSA) is 12.0 Å². The van der Waals surface area contributed by atoms with Gasteiger partial charge in [0.05, 0.1) is 0 Å². The van der Waals surface area contributed by atoms with Gasteiger partial charge in [-0.3, -0.25) is 0 Å². The summed E-state index contributed by atoms with van der Waals surface area (Å²) in [6, 6.07) is 9.34. The summed E-state index contributed by atoms with van der Waals surface area (Å²) in [5.41, 5.74) is 1.87. The molecule has 1 N–H and O–H groups in total. The highest BCUT2D eigenvalue weighted by Gasteiger charge is 2.25. The van der Waals surface area contributed by atoms with Crippen LogP contribution < -0.4 is 5.32 Å². The van der Waals surface area contributed by atoms with E-state index in [4.69, 9.17) is 0 Å². The number of hydrogen-bond donors (Lipinski definition) is 1. The van der Waals surface area contributed by atoms with Gasteiger partial charge in [0, 0.05) is 17.3 Å². The van der Waals surface area contributed by atoms with Gasteiger partial charge in [-0.05, 0) is 40.7 Å². The normalized spacial score (nSPS) is 14.8. The van der Waals surface area contributed by atoms with Crippen molar-refractivity contribution in [2.24, 2.45) is 5.41 Å². The van der Waals surface area contributed by atoms with Crippen molar-refractivity contribution < 1.29 is 0 Å². The molecule has 0 aliphatic rings. The first-order chi connectivity index (χ1) is 9.54. The lowest BCUT2D eigenvalue weighted by molar-refractivity contribution is 0.268. The SMILES string of the molecule is CCCC(C)(CNC(C)C)Cc1csc2ccccc12. The van der Waals surface area contributed by atoms with E-state index in [-0.39, 0.29) is 0 Å². The monoisotopic (exact) mass is 289 g/mol. The molecule has 1 heterocycles. The van der Waals surface area contributed by atoms with Gasteiger partial charge in [0.25, 0.3) is 0 Å². The van der Waals surface area contributed by atoms with E-state index in [0.717, 1.165) is 6.54 Å². The van der Waals surface area contributed by atoms with Crippen LogP contribution in [-0.2, 0) is 6.42 Å². The molecule has 0 amide bonds. The molecule has 0 saturated heterocycles. The van der Waals surface area contributed by atoms with Gasteiger partial charge in [-0.1, -0.05) is 52.3 Å². The summed E-state index contributed by atoms with van der Waals surface area (Å²) in [4.78, 5) is 0. The van der Waals surface area contributed by atoms with Crippen LogP contribution in [0.2, 0.25) is 0 Å². The highest BCUT2D eigenvalue weighted by atomic mass is 32.1. The van der Waals surface area contributed by atoms with Crippen LogP contribution in [0.5, 0.6) is 0 Å². The first-order valence-electron chi connectivity index (χ1n) is 7.72. The molecule has 0 bridgehead atoms. The smallest absolute Gasteiger partial charge is 0.0345 e. The molecule has 0 saturated carbocycles. The summed E-state index contributed by atoms with van der Waals surface area (Å²) in [7, 11) is 0. The average Bonchev–Trinajstić information content (AvgIpc) is 2.80. The highest BCUT2D eigenvalue weighted by Crippen LogP contribution is 2.34. The lowest BCUT2D eigenvalue weighted by Crippen LogP contribution is -2.37. The first-order valence-corrected chi connectivity index (χ1v) is 8.60. The van der Waals surface area contributed by atoms with Crippen molar-refractivity contribution in [2.45, 2.75) is 53.0 Å². The van der Waals surface area contributed by atoms with Gasteiger partial charge in [0.15, 0.2) is 0 Å². The Hall–Kier alpha value is -0.860. The second kappa shape index (κ2) is 6.73. The Morgan fingerprint density at radius 3 is 2.70 bits per heavy atom.